The fraction of sp³-hybridized carbons (Fsp3) is 0.462. The van der Waals surface area contributed by atoms with Crippen LogP contribution in [0.3, 0.4) is 0 Å². The second-order valence-electron chi connectivity index (χ2n) is 5.02. The van der Waals surface area contributed by atoms with Gasteiger partial charge in [0.2, 0.25) is 0 Å². The highest BCUT2D eigenvalue weighted by Crippen LogP contribution is 2.41. The van der Waals surface area contributed by atoms with Gasteiger partial charge in [0.15, 0.2) is 0 Å². The van der Waals surface area contributed by atoms with Crippen LogP contribution in [-0.2, 0) is 6.18 Å². The lowest BCUT2D eigenvalue weighted by Crippen LogP contribution is -2.46. The van der Waals surface area contributed by atoms with Crippen LogP contribution in [0.25, 0.3) is 0 Å². The summed E-state index contributed by atoms with van der Waals surface area (Å²) >= 11 is 0. The zero-order valence-electron chi connectivity index (χ0n) is 10.3. The Kier molecular flexibility index (Phi) is 2.60. The van der Waals surface area contributed by atoms with E-state index >= 15 is 0 Å². The summed E-state index contributed by atoms with van der Waals surface area (Å²) < 4.78 is 39.1. The maximum atomic E-state index is 13.0. The number of fused-ring (bicyclic) bond motifs is 3. The average Bonchev–Trinajstić information content (AvgIpc) is 2.83. The first kappa shape index (κ1) is 12.5. The molecule has 0 aliphatic carbocycles. The van der Waals surface area contributed by atoms with Crippen molar-refractivity contribution in [3.05, 3.63) is 34.9 Å². The maximum Gasteiger partial charge on any atom is 0.417 e. The van der Waals surface area contributed by atoms with E-state index < -0.39 is 17.6 Å². The van der Waals surface area contributed by atoms with Crippen LogP contribution in [0.5, 0.6) is 0 Å². The quantitative estimate of drug-likeness (QED) is 0.780. The molecule has 0 spiro atoms. The number of rotatable bonds is 0. The molecular formula is C13H13F3N2O. The number of carbonyl (C=O) groups is 1. The predicted molar refractivity (Wildman–Crippen MR) is 62.9 cm³/mol. The van der Waals surface area contributed by atoms with Crippen molar-refractivity contribution in [1.29, 1.82) is 0 Å². The van der Waals surface area contributed by atoms with E-state index in [1.807, 2.05) is 0 Å². The molecular weight excluding hydrogens is 257 g/mol. The van der Waals surface area contributed by atoms with E-state index in [4.69, 9.17) is 0 Å². The molecule has 1 aromatic rings. The van der Waals surface area contributed by atoms with Crippen molar-refractivity contribution in [2.45, 2.75) is 18.1 Å². The Balaban J connectivity index is 2.22. The summed E-state index contributed by atoms with van der Waals surface area (Å²) in [4.78, 5) is 13.7. The molecule has 1 N–H and O–H groups in total. The van der Waals surface area contributed by atoms with Crippen molar-refractivity contribution in [3.8, 4) is 0 Å². The van der Waals surface area contributed by atoms with Crippen molar-refractivity contribution >= 4 is 5.91 Å². The van der Waals surface area contributed by atoms with Crippen LogP contribution in [0.15, 0.2) is 18.2 Å². The first-order valence-corrected chi connectivity index (χ1v) is 6.09. The highest BCUT2D eigenvalue weighted by molar-refractivity contribution is 5.99. The summed E-state index contributed by atoms with van der Waals surface area (Å²) in [5.74, 6) is -0.590. The van der Waals surface area contributed by atoms with Gasteiger partial charge in [0.1, 0.15) is 0 Å². The molecule has 19 heavy (non-hydrogen) atoms. The third-order valence-electron chi connectivity index (χ3n) is 4.02. The van der Waals surface area contributed by atoms with Crippen LogP contribution >= 0.6 is 0 Å². The number of carbonyl (C=O) groups excluding carboxylic acids is 1. The average molecular weight is 270 g/mol. The van der Waals surface area contributed by atoms with E-state index in [1.165, 1.54) is 11.0 Å². The standard InChI is InChI=1S/C13H13F3N2O/c1-18-10-6-17-5-8(10)7-3-2-4-9(13(14,15)16)11(7)12(18)19/h2-4,8,10,17H,5-6H2,1H3/t8-,10?/m0/s1. The van der Waals surface area contributed by atoms with E-state index in [-0.39, 0.29) is 17.5 Å². The van der Waals surface area contributed by atoms with Gasteiger partial charge in [-0.15, -0.1) is 0 Å². The zero-order chi connectivity index (χ0) is 13.8. The molecule has 6 heteroatoms. The van der Waals surface area contributed by atoms with Gasteiger partial charge in [-0.1, -0.05) is 12.1 Å². The van der Waals surface area contributed by atoms with Gasteiger partial charge in [-0.2, -0.15) is 13.2 Å². The van der Waals surface area contributed by atoms with Gasteiger partial charge in [-0.25, -0.2) is 0 Å². The fourth-order valence-corrected chi connectivity index (χ4v) is 3.07. The monoisotopic (exact) mass is 270 g/mol. The molecule has 3 nitrogen and oxygen atoms in total. The Morgan fingerprint density at radius 3 is 2.74 bits per heavy atom. The molecule has 1 amide bonds. The molecule has 0 aromatic heterocycles. The molecule has 3 rings (SSSR count). The molecule has 1 aromatic carbocycles. The van der Waals surface area contributed by atoms with Gasteiger partial charge < -0.3 is 10.2 Å². The van der Waals surface area contributed by atoms with Crippen LogP contribution in [0, 0.1) is 0 Å². The van der Waals surface area contributed by atoms with Gasteiger partial charge in [-0.3, -0.25) is 4.79 Å². The second kappa shape index (κ2) is 3.96. The van der Waals surface area contributed by atoms with Gasteiger partial charge >= 0.3 is 6.18 Å². The topological polar surface area (TPSA) is 32.3 Å². The number of likely N-dealkylation sites (N-methyl/N-ethyl adjacent to an activating group) is 1. The fourth-order valence-electron chi connectivity index (χ4n) is 3.07. The van der Waals surface area contributed by atoms with Crippen LogP contribution in [-0.4, -0.2) is 37.0 Å². The van der Waals surface area contributed by atoms with Crippen molar-refractivity contribution in [2.24, 2.45) is 0 Å². The number of nitrogens with one attached hydrogen (secondary N) is 1. The van der Waals surface area contributed by atoms with Crippen molar-refractivity contribution in [3.63, 3.8) is 0 Å². The molecule has 2 aliphatic rings. The number of alkyl halides is 3. The highest BCUT2D eigenvalue weighted by Gasteiger charge is 2.45. The van der Waals surface area contributed by atoms with E-state index in [1.54, 1.807) is 13.1 Å². The van der Waals surface area contributed by atoms with Crippen LogP contribution in [0.2, 0.25) is 0 Å². The summed E-state index contributed by atoms with van der Waals surface area (Å²) in [5.41, 5.74) is -0.484. The predicted octanol–water partition coefficient (Wildman–Crippen LogP) is 1.85. The van der Waals surface area contributed by atoms with E-state index in [2.05, 4.69) is 5.32 Å². The smallest absolute Gasteiger partial charge is 0.337 e. The number of benzene rings is 1. The van der Waals surface area contributed by atoms with Crippen molar-refractivity contribution in [2.75, 3.05) is 20.1 Å². The minimum absolute atomic E-state index is 0.0523. The summed E-state index contributed by atoms with van der Waals surface area (Å²) in [7, 11) is 1.57. The minimum atomic E-state index is -4.50. The lowest BCUT2D eigenvalue weighted by molar-refractivity contribution is -0.138. The molecule has 2 heterocycles. The molecule has 0 bridgehead atoms. The van der Waals surface area contributed by atoms with E-state index in [9.17, 15) is 18.0 Å². The Labute approximate surface area is 108 Å². The Hall–Kier alpha value is -1.56. The summed E-state index contributed by atoms with van der Waals surface area (Å²) in [6.07, 6.45) is -4.50. The van der Waals surface area contributed by atoms with Crippen molar-refractivity contribution < 1.29 is 18.0 Å². The van der Waals surface area contributed by atoms with E-state index in [0.717, 1.165) is 6.07 Å². The minimum Gasteiger partial charge on any atom is -0.337 e. The van der Waals surface area contributed by atoms with Crippen LogP contribution < -0.4 is 5.32 Å². The molecule has 1 saturated heterocycles. The lowest BCUT2D eigenvalue weighted by Gasteiger charge is -2.36. The Morgan fingerprint density at radius 1 is 1.32 bits per heavy atom. The second-order valence-corrected chi connectivity index (χ2v) is 5.02. The van der Waals surface area contributed by atoms with Crippen LogP contribution in [0.4, 0.5) is 13.2 Å². The van der Waals surface area contributed by atoms with Gasteiger partial charge in [0.05, 0.1) is 17.2 Å². The van der Waals surface area contributed by atoms with Gasteiger partial charge in [0, 0.05) is 26.1 Å². The molecule has 2 atom stereocenters. The summed E-state index contributed by atoms with van der Waals surface area (Å²) in [6.45, 7) is 1.24. The molecule has 102 valence electrons. The maximum absolute atomic E-state index is 13.0. The number of amides is 1. The number of hydrogen-bond donors (Lipinski definition) is 1. The van der Waals surface area contributed by atoms with E-state index in [0.29, 0.717) is 18.7 Å². The normalized spacial score (nSPS) is 26.3. The van der Waals surface area contributed by atoms with Crippen molar-refractivity contribution in [1.82, 2.24) is 10.2 Å². The number of nitrogens with zero attached hydrogens (tertiary/aromatic N) is 1. The first-order valence-electron chi connectivity index (χ1n) is 6.09. The molecule has 0 saturated carbocycles. The highest BCUT2D eigenvalue weighted by atomic mass is 19.4. The number of hydrogen-bond acceptors (Lipinski definition) is 2. The Morgan fingerprint density at radius 2 is 2.05 bits per heavy atom. The third kappa shape index (κ3) is 1.74. The largest absolute Gasteiger partial charge is 0.417 e. The molecule has 0 radical (unpaired) electrons. The summed E-state index contributed by atoms with van der Waals surface area (Å²) in [6, 6.07) is 3.95. The third-order valence-corrected chi connectivity index (χ3v) is 4.02. The molecule has 1 unspecified atom stereocenters. The summed E-state index contributed by atoms with van der Waals surface area (Å²) in [5, 5.41) is 3.14. The first-order chi connectivity index (χ1) is 8.91. The zero-order valence-corrected chi connectivity index (χ0v) is 10.3. The SMILES string of the molecule is CN1C(=O)c2c(cccc2C(F)(F)F)[C@@H]2CNCC21. The Bertz CT molecular complexity index is 541. The lowest BCUT2D eigenvalue weighted by atomic mass is 9.83. The van der Waals surface area contributed by atoms with Gasteiger partial charge in [0.25, 0.3) is 5.91 Å². The molecule has 1 fully saturated rings. The van der Waals surface area contributed by atoms with Gasteiger partial charge in [-0.05, 0) is 11.6 Å². The molecule has 2 aliphatic heterocycles. The number of halogens is 3. The van der Waals surface area contributed by atoms with Crippen LogP contribution in [0.1, 0.15) is 27.4 Å².